The molecule has 0 radical (unpaired) electrons. The Morgan fingerprint density at radius 1 is 1.00 bits per heavy atom. The van der Waals surface area contributed by atoms with Crippen molar-refractivity contribution in [2.24, 2.45) is 0 Å². The first-order valence-electron chi connectivity index (χ1n) is 5.59. The van der Waals surface area contributed by atoms with Crippen LogP contribution in [0.15, 0.2) is 0 Å². The van der Waals surface area contributed by atoms with Crippen LogP contribution in [0.3, 0.4) is 0 Å². The second kappa shape index (κ2) is 6.88. The van der Waals surface area contributed by atoms with Crippen molar-refractivity contribution >= 4 is 23.5 Å². The summed E-state index contributed by atoms with van der Waals surface area (Å²) < 4.78 is 9.34. The van der Waals surface area contributed by atoms with E-state index in [4.69, 9.17) is 4.74 Å². The standard InChI is InChI=1S/C12H18O6/c1-5-17-11(16)9(14)6-8(13)7-10(15)18-12(2,3)4/h5-7H2,1-4H3. The molecule has 0 amide bonds. The molecule has 0 heterocycles. The highest BCUT2D eigenvalue weighted by atomic mass is 16.6. The Balaban J connectivity index is 4.16. The normalized spacial score (nSPS) is 10.7. The molecule has 6 nitrogen and oxygen atoms in total. The molecule has 0 bridgehead atoms. The Hall–Kier alpha value is -1.72. The van der Waals surface area contributed by atoms with Gasteiger partial charge >= 0.3 is 11.9 Å². The van der Waals surface area contributed by atoms with Crippen LogP contribution in [0.2, 0.25) is 0 Å². The molecule has 0 spiro atoms. The van der Waals surface area contributed by atoms with E-state index in [1.54, 1.807) is 27.7 Å². The van der Waals surface area contributed by atoms with E-state index in [9.17, 15) is 19.2 Å². The Kier molecular flexibility index (Phi) is 6.22. The number of esters is 2. The van der Waals surface area contributed by atoms with E-state index in [0.29, 0.717) is 0 Å². The van der Waals surface area contributed by atoms with Gasteiger partial charge in [0.1, 0.15) is 12.0 Å². The van der Waals surface area contributed by atoms with Crippen LogP contribution in [0.1, 0.15) is 40.5 Å². The molecule has 0 fully saturated rings. The lowest BCUT2D eigenvalue weighted by atomic mass is 10.1. The molecule has 0 aromatic rings. The first kappa shape index (κ1) is 16.3. The Morgan fingerprint density at radius 2 is 1.56 bits per heavy atom. The average molecular weight is 258 g/mol. The van der Waals surface area contributed by atoms with Crippen molar-refractivity contribution in [2.75, 3.05) is 6.61 Å². The van der Waals surface area contributed by atoms with Crippen LogP contribution in [-0.2, 0) is 28.7 Å². The van der Waals surface area contributed by atoms with E-state index in [1.807, 2.05) is 0 Å². The predicted molar refractivity (Wildman–Crippen MR) is 61.7 cm³/mol. The number of carbonyl (C=O) groups is 4. The zero-order valence-corrected chi connectivity index (χ0v) is 11.1. The van der Waals surface area contributed by atoms with Crippen molar-refractivity contribution in [1.29, 1.82) is 0 Å². The summed E-state index contributed by atoms with van der Waals surface area (Å²) >= 11 is 0. The molecule has 0 atom stereocenters. The fraction of sp³-hybridized carbons (Fsp3) is 0.667. The Morgan fingerprint density at radius 3 is 2.00 bits per heavy atom. The summed E-state index contributed by atoms with van der Waals surface area (Å²) in [7, 11) is 0. The van der Waals surface area contributed by atoms with E-state index < -0.39 is 41.9 Å². The third-order valence-corrected chi connectivity index (χ3v) is 1.62. The van der Waals surface area contributed by atoms with E-state index in [1.165, 1.54) is 0 Å². The van der Waals surface area contributed by atoms with Gasteiger partial charge in [-0.05, 0) is 27.7 Å². The SMILES string of the molecule is CCOC(=O)C(=O)CC(=O)CC(=O)OC(C)(C)C. The second-order valence-electron chi connectivity index (χ2n) is 4.62. The third-order valence-electron chi connectivity index (χ3n) is 1.62. The number of rotatable bonds is 6. The van der Waals surface area contributed by atoms with Crippen LogP contribution in [0.5, 0.6) is 0 Å². The van der Waals surface area contributed by atoms with Gasteiger partial charge in [-0.15, -0.1) is 0 Å². The molecule has 0 N–H and O–H groups in total. The highest BCUT2D eigenvalue weighted by Crippen LogP contribution is 2.09. The highest BCUT2D eigenvalue weighted by Gasteiger charge is 2.23. The minimum Gasteiger partial charge on any atom is -0.460 e. The summed E-state index contributed by atoms with van der Waals surface area (Å²) in [6.45, 7) is 6.61. The number of hydrogen-bond donors (Lipinski definition) is 0. The van der Waals surface area contributed by atoms with Gasteiger partial charge in [0.15, 0.2) is 5.78 Å². The lowest BCUT2D eigenvalue weighted by Gasteiger charge is -2.18. The van der Waals surface area contributed by atoms with E-state index in [0.717, 1.165) is 0 Å². The van der Waals surface area contributed by atoms with Crippen LogP contribution < -0.4 is 0 Å². The number of ether oxygens (including phenoxy) is 2. The fourth-order valence-electron chi connectivity index (χ4n) is 1.06. The summed E-state index contributed by atoms with van der Waals surface area (Å²) in [6, 6.07) is 0. The van der Waals surface area contributed by atoms with Gasteiger partial charge in [-0.3, -0.25) is 14.4 Å². The van der Waals surface area contributed by atoms with Gasteiger partial charge < -0.3 is 9.47 Å². The number of ketones is 2. The van der Waals surface area contributed by atoms with Crippen molar-refractivity contribution in [3.8, 4) is 0 Å². The van der Waals surface area contributed by atoms with Crippen LogP contribution >= 0.6 is 0 Å². The zero-order valence-electron chi connectivity index (χ0n) is 11.1. The van der Waals surface area contributed by atoms with Crippen LogP contribution in [0.25, 0.3) is 0 Å². The van der Waals surface area contributed by atoms with Gasteiger partial charge in [0, 0.05) is 0 Å². The largest absolute Gasteiger partial charge is 0.460 e. The average Bonchev–Trinajstić information content (AvgIpc) is 2.13. The number of hydrogen-bond acceptors (Lipinski definition) is 6. The molecule has 18 heavy (non-hydrogen) atoms. The molecule has 0 unspecified atom stereocenters. The molecular formula is C12H18O6. The van der Waals surface area contributed by atoms with Gasteiger partial charge in [-0.1, -0.05) is 0 Å². The smallest absolute Gasteiger partial charge is 0.375 e. The van der Waals surface area contributed by atoms with Crippen molar-refractivity contribution < 1.29 is 28.7 Å². The molecular weight excluding hydrogens is 240 g/mol. The molecule has 6 heteroatoms. The van der Waals surface area contributed by atoms with Gasteiger partial charge in [0.2, 0.25) is 5.78 Å². The minimum atomic E-state index is -1.06. The quantitative estimate of drug-likeness (QED) is 0.398. The zero-order chi connectivity index (χ0) is 14.3. The summed E-state index contributed by atoms with van der Waals surface area (Å²) in [5.41, 5.74) is -0.692. The highest BCUT2D eigenvalue weighted by molar-refractivity contribution is 6.37. The van der Waals surface area contributed by atoms with Gasteiger partial charge in [-0.2, -0.15) is 0 Å². The first-order chi connectivity index (χ1) is 8.15. The second-order valence-corrected chi connectivity index (χ2v) is 4.62. The Labute approximate surface area is 106 Å². The van der Waals surface area contributed by atoms with E-state index in [2.05, 4.69) is 4.74 Å². The Bertz CT molecular complexity index is 350. The number of carbonyl (C=O) groups excluding carboxylic acids is 4. The lowest BCUT2D eigenvalue weighted by molar-refractivity contribution is -0.158. The van der Waals surface area contributed by atoms with Crippen molar-refractivity contribution in [3.05, 3.63) is 0 Å². The molecule has 0 saturated heterocycles. The lowest BCUT2D eigenvalue weighted by Crippen LogP contribution is -2.27. The fourth-order valence-corrected chi connectivity index (χ4v) is 1.06. The molecule has 0 rings (SSSR count). The maximum absolute atomic E-state index is 11.3. The molecule has 0 aromatic carbocycles. The van der Waals surface area contributed by atoms with Crippen molar-refractivity contribution in [3.63, 3.8) is 0 Å². The third kappa shape index (κ3) is 7.54. The first-order valence-corrected chi connectivity index (χ1v) is 5.59. The van der Waals surface area contributed by atoms with E-state index in [-0.39, 0.29) is 6.61 Å². The monoisotopic (exact) mass is 258 g/mol. The van der Waals surface area contributed by atoms with Crippen LogP contribution in [0, 0.1) is 0 Å². The van der Waals surface area contributed by atoms with Crippen molar-refractivity contribution in [1.82, 2.24) is 0 Å². The van der Waals surface area contributed by atoms with E-state index >= 15 is 0 Å². The summed E-state index contributed by atoms with van der Waals surface area (Å²) in [5.74, 6) is -3.40. The summed E-state index contributed by atoms with van der Waals surface area (Å²) in [4.78, 5) is 44.7. The summed E-state index contributed by atoms with van der Waals surface area (Å²) in [6.07, 6.45) is -1.17. The number of Topliss-reactive ketones (excluding diaryl/α,β-unsaturated/α-hetero) is 2. The van der Waals surface area contributed by atoms with Crippen LogP contribution in [0.4, 0.5) is 0 Å². The molecule has 0 aliphatic rings. The topological polar surface area (TPSA) is 86.7 Å². The molecule has 0 aliphatic carbocycles. The molecule has 0 saturated carbocycles. The predicted octanol–water partition coefficient (Wildman–Crippen LogP) is 0.810. The van der Waals surface area contributed by atoms with Gasteiger partial charge in [-0.25, -0.2) is 4.79 Å². The van der Waals surface area contributed by atoms with Crippen molar-refractivity contribution in [2.45, 2.75) is 46.1 Å². The molecule has 0 aliphatic heterocycles. The minimum absolute atomic E-state index is 0.0603. The van der Waals surface area contributed by atoms with Gasteiger partial charge in [0.25, 0.3) is 0 Å². The van der Waals surface area contributed by atoms with Gasteiger partial charge in [0.05, 0.1) is 13.0 Å². The molecule has 102 valence electrons. The maximum atomic E-state index is 11.3. The van der Waals surface area contributed by atoms with Crippen LogP contribution in [-0.4, -0.2) is 35.7 Å². The summed E-state index contributed by atoms with van der Waals surface area (Å²) in [5, 5.41) is 0. The maximum Gasteiger partial charge on any atom is 0.375 e. The molecule has 0 aromatic heterocycles.